The van der Waals surface area contributed by atoms with Gasteiger partial charge in [-0.05, 0) is 49.2 Å². The van der Waals surface area contributed by atoms with Crippen molar-refractivity contribution in [2.24, 2.45) is 10.9 Å². The molecule has 0 amide bonds. The van der Waals surface area contributed by atoms with Gasteiger partial charge in [-0.3, -0.25) is 19.1 Å². The molecule has 9 heteroatoms. The van der Waals surface area contributed by atoms with Crippen LogP contribution in [-0.2, 0) is 15.7 Å². The summed E-state index contributed by atoms with van der Waals surface area (Å²) in [4.78, 5) is 32.5. The molecule has 0 aliphatic carbocycles. The molecular formula is C32H27F3N2O4. The average molecular weight is 561 g/mol. The van der Waals surface area contributed by atoms with Crippen LogP contribution in [0, 0.1) is 5.92 Å². The van der Waals surface area contributed by atoms with Gasteiger partial charge in [0.1, 0.15) is 11.7 Å². The molecule has 210 valence electrons. The van der Waals surface area contributed by atoms with Gasteiger partial charge in [0.05, 0.1) is 41.9 Å². The van der Waals surface area contributed by atoms with E-state index in [1.54, 1.807) is 44.2 Å². The summed E-state index contributed by atoms with van der Waals surface area (Å²) in [7, 11) is 1.50. The third-order valence-electron chi connectivity index (χ3n) is 7.14. The minimum absolute atomic E-state index is 0.0180. The molecule has 4 aromatic rings. The largest absolute Gasteiger partial charge is 0.497 e. The van der Waals surface area contributed by atoms with Gasteiger partial charge in [-0.25, -0.2) is 0 Å². The van der Waals surface area contributed by atoms with Gasteiger partial charge in [0, 0.05) is 17.7 Å². The number of fused-ring (bicyclic) bond motifs is 1. The molecule has 0 saturated heterocycles. The lowest BCUT2D eigenvalue weighted by Crippen LogP contribution is -2.38. The zero-order valence-corrected chi connectivity index (χ0v) is 22.6. The van der Waals surface area contributed by atoms with Crippen LogP contribution in [-0.4, -0.2) is 30.0 Å². The highest BCUT2D eigenvalue weighted by Gasteiger charge is 2.45. The number of esters is 1. The van der Waals surface area contributed by atoms with Crippen molar-refractivity contribution in [1.29, 1.82) is 0 Å². The number of carbonyl (C=O) groups is 1. The maximum absolute atomic E-state index is 14.6. The number of benzene rings is 3. The van der Waals surface area contributed by atoms with Crippen LogP contribution in [0.1, 0.15) is 36.5 Å². The smallest absolute Gasteiger partial charge is 0.416 e. The Labute approximate surface area is 234 Å². The molecule has 0 N–H and O–H groups in total. The first-order chi connectivity index (χ1) is 19.7. The van der Waals surface area contributed by atoms with Crippen molar-refractivity contribution >= 4 is 17.4 Å². The number of aliphatic imine (C=N–C) groups is 1. The summed E-state index contributed by atoms with van der Waals surface area (Å²) in [6.45, 7) is 3.20. The van der Waals surface area contributed by atoms with Gasteiger partial charge >= 0.3 is 12.1 Å². The number of nitrogens with zero attached hydrogens (tertiary/aromatic N) is 2. The quantitative estimate of drug-likeness (QED) is 0.239. The lowest BCUT2D eigenvalue weighted by Gasteiger charge is -2.33. The number of halogens is 3. The molecule has 2 heterocycles. The molecule has 0 fully saturated rings. The summed E-state index contributed by atoms with van der Waals surface area (Å²) in [5.41, 5.74) is 0.338. The number of hydrogen-bond donors (Lipinski definition) is 0. The molecule has 0 spiro atoms. The summed E-state index contributed by atoms with van der Waals surface area (Å²) in [5.74, 6) is -2.79. The second-order valence-electron chi connectivity index (χ2n) is 9.58. The van der Waals surface area contributed by atoms with E-state index >= 15 is 0 Å². The van der Waals surface area contributed by atoms with E-state index in [0.29, 0.717) is 22.7 Å². The zero-order valence-electron chi connectivity index (χ0n) is 22.6. The van der Waals surface area contributed by atoms with Crippen LogP contribution in [0.5, 0.6) is 5.75 Å². The molecule has 2 atom stereocenters. The van der Waals surface area contributed by atoms with Crippen LogP contribution in [0.3, 0.4) is 0 Å². The number of rotatable bonds is 6. The Kier molecular flexibility index (Phi) is 7.53. The van der Waals surface area contributed by atoms with Gasteiger partial charge in [0.15, 0.2) is 0 Å². The third-order valence-corrected chi connectivity index (χ3v) is 7.14. The molecule has 5 rings (SSSR count). The van der Waals surface area contributed by atoms with E-state index < -0.39 is 35.1 Å². The molecular weight excluding hydrogens is 533 g/mol. The van der Waals surface area contributed by atoms with Crippen LogP contribution in [0.2, 0.25) is 0 Å². The number of methoxy groups -OCH3 is 1. The summed E-state index contributed by atoms with van der Waals surface area (Å²) in [6, 6.07) is 22.6. The van der Waals surface area contributed by atoms with Crippen LogP contribution < -0.4 is 10.3 Å². The predicted octanol–water partition coefficient (Wildman–Crippen LogP) is 6.95. The second-order valence-corrected chi connectivity index (χ2v) is 9.58. The standard InChI is InChI=1S/C32H27F3N2O4/c1-4-41-31(39)27-19(2)36-25-18-26(20-11-6-5-7-12-20)37(21-13-10-14-22(17-21)40-3)30(38)29(25)28(27)23-15-8-9-16-24(23)32(33,34)35/h5-18,27-28H,4H2,1-3H3. The molecule has 41 heavy (non-hydrogen) atoms. The zero-order chi connectivity index (χ0) is 29.3. The Morgan fingerprint density at radius 3 is 2.37 bits per heavy atom. The summed E-state index contributed by atoms with van der Waals surface area (Å²) < 4.78 is 55.1. The highest BCUT2D eigenvalue weighted by atomic mass is 19.4. The van der Waals surface area contributed by atoms with Crippen molar-refractivity contribution in [2.45, 2.75) is 25.9 Å². The summed E-state index contributed by atoms with van der Waals surface area (Å²) in [6.07, 6.45) is -4.73. The second kappa shape index (κ2) is 11.1. The van der Waals surface area contributed by atoms with Gasteiger partial charge in [-0.2, -0.15) is 13.2 Å². The molecule has 1 aliphatic heterocycles. The number of ether oxygens (including phenoxy) is 2. The van der Waals surface area contributed by atoms with Crippen molar-refractivity contribution in [3.63, 3.8) is 0 Å². The number of carbonyl (C=O) groups excluding carboxylic acids is 1. The normalized spacial score (nSPS) is 16.5. The summed E-state index contributed by atoms with van der Waals surface area (Å²) >= 11 is 0. The SMILES string of the molecule is CCOC(=O)C1C(C)=Nc2cc(-c3ccccc3)n(-c3cccc(OC)c3)c(=O)c2C1c1ccccc1C(F)(F)F. The number of pyridine rings is 1. The molecule has 3 aromatic carbocycles. The summed E-state index contributed by atoms with van der Waals surface area (Å²) in [5, 5.41) is 0. The van der Waals surface area contributed by atoms with Gasteiger partial charge in [-0.15, -0.1) is 0 Å². The highest BCUT2D eigenvalue weighted by molar-refractivity contribution is 6.05. The van der Waals surface area contributed by atoms with Gasteiger partial charge in [0.2, 0.25) is 0 Å². The van der Waals surface area contributed by atoms with Gasteiger partial charge in [0.25, 0.3) is 5.56 Å². The molecule has 6 nitrogen and oxygen atoms in total. The van der Waals surface area contributed by atoms with Crippen LogP contribution >= 0.6 is 0 Å². The predicted molar refractivity (Wildman–Crippen MR) is 150 cm³/mol. The van der Waals surface area contributed by atoms with Crippen molar-refractivity contribution in [3.05, 3.63) is 112 Å². The van der Waals surface area contributed by atoms with Crippen LogP contribution in [0.4, 0.5) is 18.9 Å². The molecule has 1 aromatic heterocycles. The van der Waals surface area contributed by atoms with Gasteiger partial charge in [-0.1, -0.05) is 54.6 Å². The fourth-order valence-corrected chi connectivity index (χ4v) is 5.39. The first-order valence-electron chi connectivity index (χ1n) is 13.0. The van der Waals surface area contributed by atoms with E-state index in [1.165, 1.54) is 29.9 Å². The Hall–Kier alpha value is -4.66. The third kappa shape index (κ3) is 5.15. The Balaban J connectivity index is 1.90. The molecule has 0 bridgehead atoms. The Morgan fingerprint density at radius 2 is 1.68 bits per heavy atom. The first-order valence-corrected chi connectivity index (χ1v) is 13.0. The fourth-order valence-electron chi connectivity index (χ4n) is 5.39. The highest BCUT2D eigenvalue weighted by Crippen LogP contribution is 2.46. The molecule has 2 unspecified atom stereocenters. The van der Waals surface area contributed by atoms with Crippen molar-refractivity contribution in [2.75, 3.05) is 13.7 Å². The maximum atomic E-state index is 14.6. The van der Waals surface area contributed by atoms with E-state index in [9.17, 15) is 22.8 Å². The van der Waals surface area contributed by atoms with Crippen molar-refractivity contribution in [1.82, 2.24) is 4.57 Å². The topological polar surface area (TPSA) is 69.9 Å². The van der Waals surface area contributed by atoms with E-state index in [1.807, 2.05) is 30.3 Å². The van der Waals surface area contributed by atoms with Gasteiger partial charge < -0.3 is 9.47 Å². The van der Waals surface area contributed by atoms with Crippen molar-refractivity contribution < 1.29 is 27.4 Å². The minimum atomic E-state index is -4.73. The van der Waals surface area contributed by atoms with E-state index in [4.69, 9.17) is 9.47 Å². The van der Waals surface area contributed by atoms with E-state index in [0.717, 1.165) is 6.07 Å². The van der Waals surface area contributed by atoms with Crippen molar-refractivity contribution in [3.8, 4) is 22.7 Å². The lowest BCUT2D eigenvalue weighted by molar-refractivity contribution is -0.147. The van der Waals surface area contributed by atoms with Crippen LogP contribution in [0.25, 0.3) is 16.9 Å². The number of alkyl halides is 3. The Bertz CT molecular complexity index is 1690. The Morgan fingerprint density at radius 1 is 0.976 bits per heavy atom. The number of hydrogen-bond acceptors (Lipinski definition) is 5. The average Bonchev–Trinajstić information content (AvgIpc) is 2.96. The minimum Gasteiger partial charge on any atom is -0.497 e. The first kappa shape index (κ1) is 27.9. The van der Waals surface area contributed by atoms with Crippen LogP contribution in [0.15, 0.2) is 94.7 Å². The molecule has 1 aliphatic rings. The monoisotopic (exact) mass is 560 g/mol. The maximum Gasteiger partial charge on any atom is 0.416 e. The van der Waals surface area contributed by atoms with E-state index in [2.05, 4.69) is 4.99 Å². The lowest BCUT2D eigenvalue weighted by atomic mass is 9.74. The molecule has 0 saturated carbocycles. The fraction of sp³-hybridized carbons (Fsp3) is 0.219. The molecule has 0 radical (unpaired) electrons. The van der Waals surface area contributed by atoms with E-state index in [-0.39, 0.29) is 29.1 Å². The number of aromatic nitrogens is 1.